The summed E-state index contributed by atoms with van der Waals surface area (Å²) in [6.45, 7) is 0.446. The maximum Gasteiger partial charge on any atom is 0.243 e. The summed E-state index contributed by atoms with van der Waals surface area (Å²) >= 11 is 0. The van der Waals surface area contributed by atoms with Gasteiger partial charge in [0.05, 0.1) is 4.90 Å². The Morgan fingerprint density at radius 2 is 1.57 bits per heavy atom. The highest BCUT2D eigenvalue weighted by Gasteiger charge is 2.40. The van der Waals surface area contributed by atoms with Gasteiger partial charge in [0, 0.05) is 18.7 Å². The van der Waals surface area contributed by atoms with E-state index in [-0.39, 0.29) is 10.9 Å². The highest BCUT2D eigenvalue weighted by molar-refractivity contribution is 7.89. The first-order valence-electron chi connectivity index (χ1n) is 7.46. The third-order valence-electron chi connectivity index (χ3n) is 4.63. The summed E-state index contributed by atoms with van der Waals surface area (Å²) in [5.74, 6) is -1.32. The second kappa shape index (κ2) is 5.65. The first-order chi connectivity index (χ1) is 9.98. The Morgan fingerprint density at radius 1 is 0.952 bits per heavy atom. The first kappa shape index (κ1) is 14.9. The van der Waals surface area contributed by atoms with E-state index in [1.807, 2.05) is 0 Å². The summed E-state index contributed by atoms with van der Waals surface area (Å²) in [5, 5.41) is 0. The molecule has 1 saturated heterocycles. The van der Waals surface area contributed by atoms with Gasteiger partial charge in [0.25, 0.3) is 0 Å². The highest BCUT2D eigenvalue weighted by atomic mass is 32.2. The fourth-order valence-corrected chi connectivity index (χ4v) is 5.49. The van der Waals surface area contributed by atoms with Crippen molar-refractivity contribution >= 4 is 10.0 Å². The molecule has 2 aliphatic rings. The minimum absolute atomic E-state index is 0.0103. The van der Waals surface area contributed by atoms with Crippen LogP contribution in [0, 0.1) is 17.6 Å². The summed E-state index contributed by atoms with van der Waals surface area (Å²) < 4.78 is 53.6. The molecule has 2 unspecified atom stereocenters. The maximum atomic E-state index is 13.3. The Bertz CT molecular complexity index is 610. The van der Waals surface area contributed by atoms with Gasteiger partial charge < -0.3 is 0 Å². The summed E-state index contributed by atoms with van der Waals surface area (Å²) in [7, 11) is -3.82. The summed E-state index contributed by atoms with van der Waals surface area (Å²) in [4.78, 5) is -0.272. The van der Waals surface area contributed by atoms with Crippen LogP contribution in [0.4, 0.5) is 8.78 Å². The average molecular weight is 315 g/mol. The number of benzene rings is 1. The van der Waals surface area contributed by atoms with E-state index in [0.29, 0.717) is 18.5 Å². The van der Waals surface area contributed by atoms with Gasteiger partial charge in [-0.1, -0.05) is 12.8 Å². The smallest absolute Gasteiger partial charge is 0.207 e. The molecule has 21 heavy (non-hydrogen) atoms. The fraction of sp³-hybridized carbons (Fsp3) is 0.600. The topological polar surface area (TPSA) is 37.4 Å². The van der Waals surface area contributed by atoms with E-state index >= 15 is 0 Å². The van der Waals surface area contributed by atoms with Crippen LogP contribution in [0.3, 0.4) is 0 Å². The lowest BCUT2D eigenvalue weighted by Gasteiger charge is -2.43. The third-order valence-corrected chi connectivity index (χ3v) is 6.54. The van der Waals surface area contributed by atoms with Crippen molar-refractivity contribution in [1.82, 2.24) is 4.31 Å². The SMILES string of the molecule is O=S(=O)(c1cc(F)cc(F)c1)N1CCCC2CCCCC21. The zero-order chi connectivity index (χ0) is 15.0. The van der Waals surface area contributed by atoms with Crippen molar-refractivity contribution in [3.8, 4) is 0 Å². The first-order valence-corrected chi connectivity index (χ1v) is 8.90. The van der Waals surface area contributed by atoms with E-state index < -0.39 is 21.7 Å². The van der Waals surface area contributed by atoms with E-state index in [9.17, 15) is 17.2 Å². The Hall–Kier alpha value is -1.01. The van der Waals surface area contributed by atoms with Gasteiger partial charge in [-0.3, -0.25) is 0 Å². The fourth-order valence-electron chi connectivity index (χ4n) is 3.69. The van der Waals surface area contributed by atoms with E-state index in [1.54, 1.807) is 0 Å². The molecule has 1 saturated carbocycles. The second-order valence-electron chi connectivity index (χ2n) is 5.98. The lowest BCUT2D eigenvalue weighted by Crippen LogP contribution is -2.49. The van der Waals surface area contributed by atoms with Gasteiger partial charge in [0.2, 0.25) is 10.0 Å². The van der Waals surface area contributed by atoms with Crippen molar-refractivity contribution in [2.45, 2.75) is 49.5 Å². The van der Waals surface area contributed by atoms with Crippen LogP contribution >= 0.6 is 0 Å². The number of halogens is 2. The van der Waals surface area contributed by atoms with Crippen molar-refractivity contribution < 1.29 is 17.2 Å². The molecule has 2 fully saturated rings. The molecule has 3 rings (SSSR count). The van der Waals surface area contributed by atoms with Crippen molar-refractivity contribution in [2.24, 2.45) is 5.92 Å². The molecule has 116 valence electrons. The molecule has 1 aromatic carbocycles. The monoisotopic (exact) mass is 315 g/mol. The molecule has 1 aliphatic carbocycles. The van der Waals surface area contributed by atoms with E-state index in [0.717, 1.165) is 50.7 Å². The molecule has 6 heteroatoms. The van der Waals surface area contributed by atoms with Crippen LogP contribution in [0.25, 0.3) is 0 Å². The lowest BCUT2D eigenvalue weighted by atomic mass is 9.79. The number of fused-ring (bicyclic) bond motifs is 1. The van der Waals surface area contributed by atoms with Crippen LogP contribution in [-0.2, 0) is 10.0 Å². The van der Waals surface area contributed by atoms with E-state index in [4.69, 9.17) is 0 Å². The van der Waals surface area contributed by atoms with Crippen LogP contribution in [-0.4, -0.2) is 25.3 Å². The maximum absolute atomic E-state index is 13.3. The molecular weight excluding hydrogens is 296 g/mol. The molecule has 3 nitrogen and oxygen atoms in total. The van der Waals surface area contributed by atoms with Crippen molar-refractivity contribution in [3.63, 3.8) is 0 Å². The standard InChI is InChI=1S/C15H19F2NO2S/c16-12-8-13(17)10-14(9-12)21(19,20)18-7-3-5-11-4-1-2-6-15(11)18/h8-11,15H,1-7H2. The van der Waals surface area contributed by atoms with Crippen LogP contribution in [0.2, 0.25) is 0 Å². The van der Waals surface area contributed by atoms with Crippen LogP contribution in [0.5, 0.6) is 0 Å². The average Bonchev–Trinajstić information content (AvgIpc) is 2.45. The van der Waals surface area contributed by atoms with Gasteiger partial charge in [-0.05, 0) is 43.7 Å². The number of hydrogen-bond acceptors (Lipinski definition) is 2. The van der Waals surface area contributed by atoms with Gasteiger partial charge in [-0.15, -0.1) is 0 Å². The second-order valence-corrected chi connectivity index (χ2v) is 7.87. The zero-order valence-corrected chi connectivity index (χ0v) is 12.6. The molecule has 0 spiro atoms. The van der Waals surface area contributed by atoms with Gasteiger partial charge in [-0.25, -0.2) is 17.2 Å². The molecule has 1 aromatic rings. The normalized spacial score (nSPS) is 27.3. The van der Waals surface area contributed by atoms with E-state index in [1.165, 1.54) is 4.31 Å². The van der Waals surface area contributed by atoms with Gasteiger partial charge in [0.1, 0.15) is 11.6 Å². The number of rotatable bonds is 2. The Balaban J connectivity index is 1.96. The molecule has 0 amide bonds. The Labute approximate surface area is 124 Å². The quantitative estimate of drug-likeness (QED) is 0.839. The van der Waals surface area contributed by atoms with Crippen LogP contribution in [0.1, 0.15) is 38.5 Å². The number of piperidine rings is 1. The van der Waals surface area contributed by atoms with Crippen LogP contribution < -0.4 is 0 Å². The Kier molecular flexibility index (Phi) is 4.01. The third kappa shape index (κ3) is 2.83. The van der Waals surface area contributed by atoms with Gasteiger partial charge in [0.15, 0.2) is 0 Å². The summed E-state index contributed by atoms with van der Waals surface area (Å²) in [5.41, 5.74) is 0. The predicted molar refractivity (Wildman–Crippen MR) is 75.2 cm³/mol. The van der Waals surface area contributed by atoms with Gasteiger partial charge >= 0.3 is 0 Å². The minimum Gasteiger partial charge on any atom is -0.207 e. The van der Waals surface area contributed by atoms with Crippen molar-refractivity contribution in [2.75, 3.05) is 6.54 Å². The van der Waals surface area contributed by atoms with Gasteiger partial charge in [-0.2, -0.15) is 4.31 Å². The summed E-state index contributed by atoms with van der Waals surface area (Å²) in [6.07, 6.45) is 5.93. The zero-order valence-electron chi connectivity index (χ0n) is 11.8. The molecule has 1 heterocycles. The van der Waals surface area contributed by atoms with E-state index in [2.05, 4.69) is 0 Å². The summed E-state index contributed by atoms with van der Waals surface area (Å²) in [6, 6.07) is 2.50. The lowest BCUT2D eigenvalue weighted by molar-refractivity contribution is 0.129. The largest absolute Gasteiger partial charge is 0.243 e. The van der Waals surface area contributed by atoms with Crippen LogP contribution in [0.15, 0.2) is 23.1 Å². The predicted octanol–water partition coefficient (Wildman–Crippen LogP) is 3.31. The number of nitrogens with zero attached hydrogens (tertiary/aromatic N) is 1. The molecular formula is C15H19F2NO2S. The minimum atomic E-state index is -3.82. The number of sulfonamides is 1. The highest BCUT2D eigenvalue weighted by Crippen LogP contribution is 2.38. The van der Waals surface area contributed by atoms with Crippen molar-refractivity contribution in [3.05, 3.63) is 29.8 Å². The molecule has 0 N–H and O–H groups in total. The molecule has 2 atom stereocenters. The molecule has 1 aliphatic heterocycles. The molecule has 0 radical (unpaired) electrons. The van der Waals surface area contributed by atoms with Crippen molar-refractivity contribution in [1.29, 1.82) is 0 Å². The molecule has 0 bridgehead atoms. The number of hydrogen-bond donors (Lipinski definition) is 0. The Morgan fingerprint density at radius 3 is 2.29 bits per heavy atom. The molecule has 0 aromatic heterocycles.